The van der Waals surface area contributed by atoms with E-state index < -0.39 is 8.07 Å². The molecule has 1 aliphatic rings. The fourth-order valence-corrected chi connectivity index (χ4v) is 13.6. The molecule has 4 heteroatoms. The van der Waals surface area contributed by atoms with Gasteiger partial charge in [-0.25, -0.2) is 0 Å². The Balaban J connectivity index is 1.30. The predicted octanol–water partition coefficient (Wildman–Crippen LogP) is 8.28. The molecule has 2 nitrogen and oxygen atoms in total. The third-order valence-corrected chi connectivity index (χ3v) is 15.2. The topological polar surface area (TPSA) is 16.1 Å². The van der Waals surface area contributed by atoms with E-state index in [-0.39, 0.29) is 0 Å². The second-order valence-electron chi connectivity index (χ2n) is 11.5. The number of benzene rings is 6. The van der Waals surface area contributed by atoms with Crippen LogP contribution in [0.25, 0.3) is 31.4 Å². The van der Waals surface area contributed by atoms with Gasteiger partial charge in [0.15, 0.2) is 8.07 Å². The maximum atomic E-state index is 4.71. The molecule has 0 N–H and O–H groups in total. The summed E-state index contributed by atoms with van der Waals surface area (Å²) in [4.78, 5) is 7.20. The summed E-state index contributed by atoms with van der Waals surface area (Å²) in [7, 11) is -2.63. The number of anilines is 3. The van der Waals surface area contributed by atoms with E-state index in [4.69, 9.17) is 4.98 Å². The van der Waals surface area contributed by atoms with Crippen LogP contribution < -0.4 is 25.6 Å². The van der Waals surface area contributed by atoms with Gasteiger partial charge in [-0.2, -0.15) is 0 Å². The standard InChI is InChI=1S/C41H28N2SSi/c1-3-16-31(17-4-1)45(32-18-5-2-6-19-32)38-25-9-7-22-35(38)43(36-23-8-10-26-39(36)45)30-15-11-14-29(28-30)33-20-12-21-34-40-37(44-41(33)34)24-13-27-42-40/h1-28H. The highest BCUT2D eigenvalue weighted by Crippen LogP contribution is 2.42. The molecule has 0 amide bonds. The molecule has 0 unspecified atom stereocenters. The van der Waals surface area contributed by atoms with Gasteiger partial charge in [0.25, 0.3) is 0 Å². The Labute approximate surface area is 267 Å². The summed E-state index contributed by atoms with van der Waals surface area (Å²) in [6, 6.07) is 60.4. The van der Waals surface area contributed by atoms with Crippen molar-refractivity contribution in [1.82, 2.24) is 4.98 Å². The van der Waals surface area contributed by atoms with Crippen LogP contribution in [0, 0.1) is 0 Å². The maximum absolute atomic E-state index is 4.71. The van der Waals surface area contributed by atoms with Crippen LogP contribution in [0.2, 0.25) is 0 Å². The van der Waals surface area contributed by atoms with Gasteiger partial charge in [-0.05, 0) is 68.3 Å². The maximum Gasteiger partial charge on any atom is 0.184 e. The zero-order valence-corrected chi connectivity index (χ0v) is 26.3. The first kappa shape index (κ1) is 26.1. The lowest BCUT2D eigenvalue weighted by Crippen LogP contribution is -2.77. The van der Waals surface area contributed by atoms with E-state index in [0.717, 1.165) is 11.2 Å². The molecule has 2 aromatic heterocycles. The molecule has 0 saturated carbocycles. The summed E-state index contributed by atoms with van der Waals surface area (Å²) in [5.41, 5.74) is 7.19. The SMILES string of the molecule is c1ccc([Si]2(c3ccccc3)c3ccccc3N(c3cccc(-c4cccc5c4sc4cccnc45)c3)c3ccccc32)cc1. The van der Waals surface area contributed by atoms with E-state index in [9.17, 15) is 0 Å². The first-order chi connectivity index (χ1) is 22.3. The lowest BCUT2D eigenvalue weighted by Gasteiger charge is -2.45. The fraction of sp³-hybridized carbons (Fsp3) is 0. The molecule has 212 valence electrons. The van der Waals surface area contributed by atoms with E-state index in [1.165, 1.54) is 58.0 Å². The summed E-state index contributed by atoms with van der Waals surface area (Å²) >= 11 is 1.83. The van der Waals surface area contributed by atoms with Crippen LogP contribution in [0.1, 0.15) is 0 Å². The number of hydrogen-bond acceptors (Lipinski definition) is 3. The highest BCUT2D eigenvalue weighted by molar-refractivity contribution is 7.26. The number of aromatic nitrogens is 1. The van der Waals surface area contributed by atoms with E-state index in [1.54, 1.807) is 0 Å². The first-order valence-electron chi connectivity index (χ1n) is 15.3. The quantitative estimate of drug-likeness (QED) is 0.187. The van der Waals surface area contributed by atoms with Gasteiger partial charge in [0, 0.05) is 33.3 Å². The van der Waals surface area contributed by atoms with E-state index >= 15 is 0 Å². The van der Waals surface area contributed by atoms with Crippen LogP contribution in [0.3, 0.4) is 0 Å². The molecule has 8 aromatic rings. The molecule has 0 aliphatic carbocycles. The van der Waals surface area contributed by atoms with Crippen LogP contribution in [-0.4, -0.2) is 13.1 Å². The highest BCUT2D eigenvalue weighted by Gasteiger charge is 2.48. The predicted molar refractivity (Wildman–Crippen MR) is 194 cm³/mol. The van der Waals surface area contributed by atoms with Crippen molar-refractivity contribution in [3.63, 3.8) is 0 Å². The lowest BCUT2D eigenvalue weighted by molar-refractivity contribution is 1.29. The van der Waals surface area contributed by atoms with Gasteiger partial charge in [-0.15, -0.1) is 11.3 Å². The molecule has 3 heterocycles. The molecule has 0 bridgehead atoms. The minimum absolute atomic E-state index is 1.08. The van der Waals surface area contributed by atoms with Crippen molar-refractivity contribution >= 4 is 77.5 Å². The number of thiophene rings is 1. The Morgan fingerprint density at radius 3 is 1.84 bits per heavy atom. The molecule has 0 radical (unpaired) electrons. The largest absolute Gasteiger partial charge is 0.311 e. The third-order valence-electron chi connectivity index (χ3n) is 9.18. The Kier molecular flexibility index (Phi) is 6.05. The van der Waals surface area contributed by atoms with E-state index in [2.05, 4.69) is 163 Å². The molecule has 45 heavy (non-hydrogen) atoms. The monoisotopic (exact) mass is 608 g/mol. The number of fused-ring (bicyclic) bond motifs is 5. The number of hydrogen-bond donors (Lipinski definition) is 0. The van der Waals surface area contributed by atoms with Gasteiger partial charge in [0.05, 0.1) is 10.2 Å². The van der Waals surface area contributed by atoms with Gasteiger partial charge in [-0.3, -0.25) is 4.98 Å². The van der Waals surface area contributed by atoms with Gasteiger partial charge < -0.3 is 4.90 Å². The van der Waals surface area contributed by atoms with E-state index in [1.807, 2.05) is 23.6 Å². The normalized spacial score (nSPS) is 13.5. The second-order valence-corrected chi connectivity index (χ2v) is 16.3. The first-order valence-corrected chi connectivity index (χ1v) is 18.1. The lowest BCUT2D eigenvalue weighted by atomic mass is 10.0. The number of nitrogens with zero attached hydrogens (tertiary/aromatic N) is 2. The molecular weight excluding hydrogens is 581 g/mol. The number of pyridine rings is 1. The zero-order chi connectivity index (χ0) is 29.8. The Bertz CT molecular complexity index is 2260. The smallest absolute Gasteiger partial charge is 0.184 e. The average Bonchev–Trinajstić information content (AvgIpc) is 3.50. The van der Waals surface area contributed by atoms with Crippen LogP contribution in [0.4, 0.5) is 17.1 Å². The van der Waals surface area contributed by atoms with Crippen LogP contribution in [0.15, 0.2) is 170 Å². The Morgan fingerprint density at radius 1 is 0.533 bits per heavy atom. The summed E-state index contributed by atoms with van der Waals surface area (Å²) in [5.74, 6) is 0. The van der Waals surface area contributed by atoms with Gasteiger partial charge in [-0.1, -0.05) is 127 Å². The summed E-state index contributed by atoms with van der Waals surface area (Å²) in [6.07, 6.45) is 1.89. The fourth-order valence-electron chi connectivity index (χ4n) is 7.35. The van der Waals surface area contributed by atoms with Gasteiger partial charge in [0.2, 0.25) is 0 Å². The molecule has 9 rings (SSSR count). The van der Waals surface area contributed by atoms with Gasteiger partial charge >= 0.3 is 0 Å². The zero-order valence-electron chi connectivity index (χ0n) is 24.5. The minimum Gasteiger partial charge on any atom is -0.311 e. The molecule has 1 aliphatic heterocycles. The molecule has 6 aromatic carbocycles. The Morgan fingerprint density at radius 2 is 1.16 bits per heavy atom. The summed E-state index contributed by atoms with van der Waals surface area (Å²) < 4.78 is 2.50. The van der Waals surface area contributed by atoms with Crippen LogP contribution >= 0.6 is 11.3 Å². The van der Waals surface area contributed by atoms with Crippen LogP contribution in [-0.2, 0) is 0 Å². The highest BCUT2D eigenvalue weighted by atomic mass is 32.1. The Hall–Kier alpha value is -5.29. The molecule has 0 saturated heterocycles. The molecule has 0 spiro atoms. The summed E-state index contributed by atoms with van der Waals surface area (Å²) in [5, 5.41) is 6.83. The average molecular weight is 609 g/mol. The van der Waals surface area contributed by atoms with Crippen molar-refractivity contribution in [2.75, 3.05) is 4.90 Å². The van der Waals surface area contributed by atoms with Crippen molar-refractivity contribution in [2.45, 2.75) is 0 Å². The number of para-hydroxylation sites is 2. The van der Waals surface area contributed by atoms with Crippen molar-refractivity contribution < 1.29 is 0 Å². The van der Waals surface area contributed by atoms with Crippen molar-refractivity contribution in [1.29, 1.82) is 0 Å². The molecular formula is C41H28N2SSi. The number of rotatable bonds is 4. The van der Waals surface area contributed by atoms with Crippen LogP contribution in [0.5, 0.6) is 0 Å². The van der Waals surface area contributed by atoms with E-state index in [0.29, 0.717) is 0 Å². The molecule has 0 fully saturated rings. The van der Waals surface area contributed by atoms with Crippen molar-refractivity contribution in [2.24, 2.45) is 0 Å². The second kappa shape index (κ2) is 10.4. The minimum atomic E-state index is -2.63. The van der Waals surface area contributed by atoms with Crippen molar-refractivity contribution in [3.05, 3.63) is 170 Å². The van der Waals surface area contributed by atoms with Crippen molar-refractivity contribution in [3.8, 4) is 11.1 Å². The van der Waals surface area contributed by atoms with Gasteiger partial charge in [0.1, 0.15) is 0 Å². The third kappa shape index (κ3) is 3.90. The molecule has 0 atom stereocenters. The summed E-state index contributed by atoms with van der Waals surface area (Å²) in [6.45, 7) is 0.